The topological polar surface area (TPSA) is 67.0 Å². The third kappa shape index (κ3) is 1.29. The first kappa shape index (κ1) is 10.7. The van der Waals surface area contributed by atoms with Gasteiger partial charge < -0.3 is 4.98 Å². The van der Waals surface area contributed by atoms with Crippen molar-refractivity contribution >= 4 is 11.6 Å². The number of carbonyl (C=O) groups is 2. The first-order valence-electron chi connectivity index (χ1n) is 5.52. The van der Waals surface area contributed by atoms with Gasteiger partial charge in [-0.15, -0.1) is 0 Å². The zero-order valence-electron chi connectivity index (χ0n) is 9.61. The molecule has 0 aliphatic heterocycles. The van der Waals surface area contributed by atoms with Crippen molar-refractivity contribution in [1.82, 2.24) is 4.98 Å². The van der Waals surface area contributed by atoms with E-state index < -0.39 is 5.43 Å². The Bertz CT molecular complexity index is 756. The molecule has 1 N–H and O–H groups in total. The highest BCUT2D eigenvalue weighted by atomic mass is 16.1. The van der Waals surface area contributed by atoms with Crippen LogP contribution in [0.2, 0.25) is 0 Å². The van der Waals surface area contributed by atoms with Crippen molar-refractivity contribution in [2.75, 3.05) is 0 Å². The van der Waals surface area contributed by atoms with Crippen LogP contribution in [-0.2, 0) is 0 Å². The van der Waals surface area contributed by atoms with Gasteiger partial charge in [-0.25, -0.2) is 0 Å². The highest BCUT2D eigenvalue weighted by Gasteiger charge is 2.31. The molecule has 1 aliphatic rings. The second kappa shape index (κ2) is 3.50. The van der Waals surface area contributed by atoms with E-state index in [2.05, 4.69) is 4.98 Å². The first-order chi connectivity index (χ1) is 8.59. The minimum atomic E-state index is -0.408. The number of H-pyrrole nitrogens is 1. The van der Waals surface area contributed by atoms with Gasteiger partial charge in [-0.05, 0) is 6.92 Å². The Morgan fingerprint density at radius 2 is 1.56 bits per heavy atom. The van der Waals surface area contributed by atoms with Gasteiger partial charge in [-0.3, -0.25) is 14.4 Å². The molecule has 0 fully saturated rings. The minimum absolute atomic E-state index is 0.0516. The Morgan fingerprint density at radius 3 is 2.22 bits per heavy atom. The number of hydrogen-bond donors (Lipinski definition) is 1. The number of carbonyl (C=O) groups excluding carboxylic acids is 2. The molecule has 0 saturated heterocycles. The normalized spacial score (nSPS) is 13.2. The molecular formula is C14H9NO3. The molecule has 1 heterocycles. The van der Waals surface area contributed by atoms with Gasteiger partial charge in [0.15, 0.2) is 11.2 Å². The summed E-state index contributed by atoms with van der Waals surface area (Å²) < 4.78 is 0. The van der Waals surface area contributed by atoms with Crippen LogP contribution in [0.25, 0.3) is 0 Å². The monoisotopic (exact) mass is 239 g/mol. The fraction of sp³-hybridized carbons (Fsp3) is 0.0714. The Morgan fingerprint density at radius 1 is 0.944 bits per heavy atom. The summed E-state index contributed by atoms with van der Waals surface area (Å²) in [7, 11) is 0. The highest BCUT2D eigenvalue weighted by Crippen LogP contribution is 2.23. The molecule has 3 rings (SSSR count). The molecule has 4 heteroatoms. The Labute approximate surface area is 102 Å². The van der Waals surface area contributed by atoms with E-state index in [9.17, 15) is 14.4 Å². The number of ketones is 2. The van der Waals surface area contributed by atoms with Gasteiger partial charge in [-0.1, -0.05) is 24.3 Å². The van der Waals surface area contributed by atoms with Crippen LogP contribution in [0.5, 0.6) is 0 Å². The summed E-state index contributed by atoms with van der Waals surface area (Å²) in [6.45, 7) is 1.68. The molecule has 4 nitrogen and oxygen atoms in total. The quantitative estimate of drug-likeness (QED) is 0.645. The average Bonchev–Trinajstić information content (AvgIpc) is 2.35. The van der Waals surface area contributed by atoms with Crippen LogP contribution in [0.4, 0.5) is 0 Å². The number of benzene rings is 1. The number of aryl methyl sites for hydroxylation is 1. The zero-order chi connectivity index (χ0) is 12.9. The van der Waals surface area contributed by atoms with Crippen molar-refractivity contribution in [2.24, 2.45) is 0 Å². The van der Waals surface area contributed by atoms with E-state index in [-0.39, 0.29) is 22.8 Å². The number of rotatable bonds is 0. The fourth-order valence-corrected chi connectivity index (χ4v) is 2.23. The van der Waals surface area contributed by atoms with Crippen LogP contribution in [0.1, 0.15) is 37.7 Å². The molecule has 2 aromatic rings. The smallest absolute Gasteiger partial charge is 0.210 e. The van der Waals surface area contributed by atoms with Gasteiger partial charge >= 0.3 is 0 Å². The maximum absolute atomic E-state index is 12.2. The van der Waals surface area contributed by atoms with E-state index in [1.807, 2.05) is 0 Å². The highest BCUT2D eigenvalue weighted by molar-refractivity contribution is 6.27. The fourth-order valence-electron chi connectivity index (χ4n) is 2.23. The standard InChI is InChI=1S/C14H9NO3/c1-7-6-10(16)11-12(15-7)14(18)9-5-3-2-4-8(9)13(11)17/h2-6H,1H3,(H,15,16). The lowest BCUT2D eigenvalue weighted by Gasteiger charge is -2.16. The molecule has 0 amide bonds. The van der Waals surface area contributed by atoms with Crippen LogP contribution < -0.4 is 5.43 Å². The number of aromatic amines is 1. The first-order valence-corrected chi connectivity index (χ1v) is 5.52. The molecule has 0 radical (unpaired) electrons. The van der Waals surface area contributed by atoms with E-state index in [0.717, 1.165) is 0 Å². The lowest BCUT2D eigenvalue weighted by molar-refractivity contribution is 0.0974. The average molecular weight is 239 g/mol. The zero-order valence-corrected chi connectivity index (χ0v) is 9.61. The number of hydrogen-bond acceptors (Lipinski definition) is 3. The van der Waals surface area contributed by atoms with Gasteiger partial charge in [0.05, 0.1) is 5.56 Å². The van der Waals surface area contributed by atoms with Crippen molar-refractivity contribution in [2.45, 2.75) is 6.92 Å². The molecule has 88 valence electrons. The molecule has 1 aromatic heterocycles. The van der Waals surface area contributed by atoms with Crippen molar-refractivity contribution in [3.05, 3.63) is 68.6 Å². The molecular weight excluding hydrogens is 230 g/mol. The maximum atomic E-state index is 12.2. The summed E-state index contributed by atoms with van der Waals surface area (Å²) in [5.74, 6) is -0.692. The van der Waals surface area contributed by atoms with Crippen molar-refractivity contribution in [3.63, 3.8) is 0 Å². The molecule has 1 aliphatic carbocycles. The van der Waals surface area contributed by atoms with Gasteiger partial charge in [0.25, 0.3) is 0 Å². The Kier molecular flexibility index (Phi) is 2.07. The SMILES string of the molecule is Cc1cc(=O)c2c([nH]1)C(=O)c1ccccc1C2=O. The van der Waals surface area contributed by atoms with Crippen LogP contribution >= 0.6 is 0 Å². The third-order valence-corrected chi connectivity index (χ3v) is 3.04. The molecule has 0 spiro atoms. The third-order valence-electron chi connectivity index (χ3n) is 3.04. The van der Waals surface area contributed by atoms with Crippen LogP contribution in [0, 0.1) is 6.92 Å². The number of nitrogens with one attached hydrogen (secondary N) is 1. The molecule has 1 aromatic carbocycles. The second-order valence-electron chi connectivity index (χ2n) is 4.27. The van der Waals surface area contributed by atoms with E-state index in [4.69, 9.17) is 0 Å². The van der Waals surface area contributed by atoms with E-state index >= 15 is 0 Å². The van der Waals surface area contributed by atoms with Crippen LogP contribution in [0.3, 0.4) is 0 Å². The Hall–Kier alpha value is -2.49. The van der Waals surface area contributed by atoms with Crippen molar-refractivity contribution in [1.29, 1.82) is 0 Å². The predicted octanol–water partition coefficient (Wildman–Crippen LogP) is 1.46. The summed E-state index contributed by atoms with van der Waals surface area (Å²) in [5.41, 5.74) is 0.849. The molecule has 18 heavy (non-hydrogen) atoms. The summed E-state index contributed by atoms with van der Waals surface area (Å²) in [6, 6.07) is 7.87. The summed E-state index contributed by atoms with van der Waals surface area (Å²) in [5, 5.41) is 0. The minimum Gasteiger partial charge on any atom is -0.355 e. The lowest BCUT2D eigenvalue weighted by atomic mass is 9.87. The molecule has 0 bridgehead atoms. The van der Waals surface area contributed by atoms with Gasteiger partial charge in [0, 0.05) is 22.9 Å². The van der Waals surface area contributed by atoms with Crippen molar-refractivity contribution < 1.29 is 9.59 Å². The van der Waals surface area contributed by atoms with E-state index in [1.165, 1.54) is 6.07 Å². The number of aromatic nitrogens is 1. The molecule has 0 atom stereocenters. The number of fused-ring (bicyclic) bond motifs is 2. The van der Waals surface area contributed by atoms with Gasteiger partial charge in [-0.2, -0.15) is 0 Å². The second-order valence-corrected chi connectivity index (χ2v) is 4.27. The maximum Gasteiger partial charge on any atom is 0.210 e. The summed E-state index contributed by atoms with van der Waals surface area (Å²) in [4.78, 5) is 39.1. The van der Waals surface area contributed by atoms with Gasteiger partial charge in [0.1, 0.15) is 5.69 Å². The summed E-state index contributed by atoms with van der Waals surface area (Å²) >= 11 is 0. The largest absolute Gasteiger partial charge is 0.355 e. The van der Waals surface area contributed by atoms with Gasteiger partial charge in [0.2, 0.25) is 5.78 Å². The summed E-state index contributed by atoms with van der Waals surface area (Å²) in [6.07, 6.45) is 0. The Balaban J connectivity index is 2.41. The molecule has 0 saturated carbocycles. The van der Waals surface area contributed by atoms with Crippen LogP contribution in [-0.4, -0.2) is 16.6 Å². The van der Waals surface area contributed by atoms with E-state index in [1.54, 1.807) is 31.2 Å². The van der Waals surface area contributed by atoms with E-state index in [0.29, 0.717) is 16.8 Å². The van der Waals surface area contributed by atoms with Crippen molar-refractivity contribution in [3.8, 4) is 0 Å². The molecule has 0 unspecified atom stereocenters. The number of pyridine rings is 1. The van der Waals surface area contributed by atoms with Crippen LogP contribution in [0.15, 0.2) is 35.1 Å². The lowest BCUT2D eigenvalue weighted by Crippen LogP contribution is -2.29. The predicted molar refractivity (Wildman–Crippen MR) is 65.1 cm³/mol.